The van der Waals surface area contributed by atoms with Gasteiger partial charge in [0.05, 0.1) is 6.61 Å². The normalized spacial score (nSPS) is 8.94. The largest absolute Gasteiger partial charge is 0.480 e. The Kier molecular flexibility index (Phi) is 15.0. The zero-order valence-electron chi connectivity index (χ0n) is 10.3. The molecule has 0 rings (SSSR count). The highest BCUT2D eigenvalue weighted by Gasteiger charge is 1.92. The van der Waals surface area contributed by atoms with Crippen molar-refractivity contribution < 1.29 is 24.2 Å². The molecule has 5 nitrogen and oxygen atoms in total. The summed E-state index contributed by atoms with van der Waals surface area (Å²) in [5.41, 5.74) is 0. The van der Waals surface area contributed by atoms with E-state index in [9.17, 15) is 9.59 Å². The minimum Gasteiger partial charge on any atom is -0.480 e. The van der Waals surface area contributed by atoms with E-state index in [1.807, 2.05) is 6.92 Å². The van der Waals surface area contributed by atoms with E-state index in [1.54, 1.807) is 0 Å². The minimum atomic E-state index is -0.904. The molecule has 0 bridgehead atoms. The second-order valence-electron chi connectivity index (χ2n) is 3.14. The lowest BCUT2D eigenvalue weighted by atomic mass is 10.4. The Morgan fingerprint density at radius 3 is 2.12 bits per heavy atom. The third kappa shape index (κ3) is 23.1. The summed E-state index contributed by atoms with van der Waals surface area (Å²) in [5.74, 6) is -1.09. The third-order valence-corrected chi connectivity index (χ3v) is 1.38. The molecule has 0 aliphatic carbocycles. The molecule has 0 amide bonds. The van der Waals surface area contributed by atoms with Gasteiger partial charge in [-0.05, 0) is 12.8 Å². The summed E-state index contributed by atoms with van der Waals surface area (Å²) in [7, 11) is 0. The van der Waals surface area contributed by atoms with Gasteiger partial charge in [-0.2, -0.15) is 0 Å². The fraction of sp³-hybridized carbons (Fsp3) is 0.818. The highest BCUT2D eigenvalue weighted by molar-refractivity contribution is 5.67. The number of ether oxygens (including phenoxy) is 2. The Labute approximate surface area is 96.7 Å². The number of carbonyl (C=O) groups excluding carboxylic acids is 1. The van der Waals surface area contributed by atoms with Crippen LogP contribution in [0.3, 0.4) is 0 Å². The Bertz CT molecular complexity index is 159. The molecule has 16 heavy (non-hydrogen) atoms. The van der Waals surface area contributed by atoms with Crippen LogP contribution in [-0.4, -0.2) is 36.9 Å². The van der Waals surface area contributed by atoms with Crippen LogP contribution in [0.2, 0.25) is 0 Å². The molecule has 0 fully saturated rings. The third-order valence-electron chi connectivity index (χ3n) is 1.38. The van der Waals surface area contributed by atoms with Crippen LogP contribution in [0.1, 0.15) is 40.0 Å². The van der Waals surface area contributed by atoms with Crippen molar-refractivity contribution in [3.8, 4) is 0 Å². The zero-order valence-corrected chi connectivity index (χ0v) is 10.3. The van der Waals surface area contributed by atoms with E-state index < -0.39 is 5.97 Å². The summed E-state index contributed by atoms with van der Waals surface area (Å²) in [4.78, 5) is 19.8. The molecule has 5 heteroatoms. The van der Waals surface area contributed by atoms with Gasteiger partial charge in [0.15, 0.2) is 0 Å². The number of hydrogen-bond acceptors (Lipinski definition) is 4. The van der Waals surface area contributed by atoms with Crippen molar-refractivity contribution in [2.24, 2.45) is 0 Å². The van der Waals surface area contributed by atoms with Gasteiger partial charge in [0.1, 0.15) is 6.61 Å². The summed E-state index contributed by atoms with van der Waals surface area (Å²) >= 11 is 0. The summed E-state index contributed by atoms with van der Waals surface area (Å²) in [6.45, 7) is 6.35. The number of aliphatic carboxylic acids is 1. The van der Waals surface area contributed by atoms with E-state index >= 15 is 0 Å². The predicted octanol–water partition coefficient (Wildman–Crippen LogP) is 1.85. The number of rotatable bonds is 7. The van der Waals surface area contributed by atoms with E-state index in [2.05, 4.69) is 16.4 Å². The fourth-order valence-electron chi connectivity index (χ4n) is 0.664. The standard InChI is InChI=1S/C6H12O2.C5H10O3/c1-3-4-5-8-6(2)7;1-2-3-8-4-5(6)7/h3-5H2,1-2H3;2-4H2,1H3,(H,6,7). The highest BCUT2D eigenvalue weighted by atomic mass is 16.5. The molecule has 0 saturated heterocycles. The Morgan fingerprint density at radius 1 is 1.12 bits per heavy atom. The Balaban J connectivity index is 0. The SMILES string of the molecule is CCCCOC(C)=O.CCCOCC(=O)O. The summed E-state index contributed by atoms with van der Waals surface area (Å²) in [6, 6.07) is 0. The first-order valence-electron chi connectivity index (χ1n) is 5.47. The molecule has 0 aromatic heterocycles. The molecule has 0 aliphatic heterocycles. The van der Waals surface area contributed by atoms with Gasteiger partial charge in [0, 0.05) is 13.5 Å². The first-order valence-corrected chi connectivity index (χ1v) is 5.47. The molecule has 96 valence electrons. The van der Waals surface area contributed by atoms with Crippen molar-refractivity contribution >= 4 is 11.9 Å². The van der Waals surface area contributed by atoms with Crippen LogP contribution in [0, 0.1) is 0 Å². The first kappa shape index (κ1) is 17.3. The monoisotopic (exact) mass is 234 g/mol. The van der Waals surface area contributed by atoms with Crippen LogP contribution >= 0.6 is 0 Å². The van der Waals surface area contributed by atoms with Crippen molar-refractivity contribution in [1.82, 2.24) is 0 Å². The van der Waals surface area contributed by atoms with Crippen LogP contribution in [0.25, 0.3) is 0 Å². The van der Waals surface area contributed by atoms with Gasteiger partial charge in [0.2, 0.25) is 0 Å². The maximum atomic E-state index is 10.1. The zero-order chi connectivity index (χ0) is 12.8. The quantitative estimate of drug-likeness (QED) is 0.537. The lowest BCUT2D eigenvalue weighted by molar-refractivity contribution is -0.142. The van der Waals surface area contributed by atoms with Gasteiger partial charge in [-0.1, -0.05) is 20.3 Å². The lowest BCUT2D eigenvalue weighted by Crippen LogP contribution is -2.06. The average Bonchev–Trinajstić information content (AvgIpc) is 2.18. The molecule has 0 atom stereocenters. The molecule has 0 spiro atoms. The first-order chi connectivity index (χ1) is 7.54. The van der Waals surface area contributed by atoms with Crippen LogP contribution in [0.15, 0.2) is 0 Å². The van der Waals surface area contributed by atoms with Crippen LogP contribution < -0.4 is 0 Å². The van der Waals surface area contributed by atoms with Gasteiger partial charge in [-0.3, -0.25) is 4.79 Å². The molecular formula is C11H22O5. The maximum absolute atomic E-state index is 10.1. The molecule has 0 aromatic carbocycles. The molecule has 0 radical (unpaired) electrons. The molecule has 0 saturated carbocycles. The number of carboxylic acid groups (broad SMARTS) is 1. The van der Waals surface area contributed by atoms with E-state index in [0.717, 1.165) is 19.3 Å². The Hall–Kier alpha value is -1.10. The maximum Gasteiger partial charge on any atom is 0.329 e. The second kappa shape index (κ2) is 13.9. The number of hydrogen-bond donors (Lipinski definition) is 1. The topological polar surface area (TPSA) is 72.8 Å². The van der Waals surface area contributed by atoms with Crippen LogP contribution in [0.4, 0.5) is 0 Å². The van der Waals surface area contributed by atoms with E-state index in [1.165, 1.54) is 6.92 Å². The number of unbranched alkanes of at least 4 members (excludes halogenated alkanes) is 1. The molecule has 0 heterocycles. The second-order valence-corrected chi connectivity index (χ2v) is 3.14. The number of carbonyl (C=O) groups is 2. The summed E-state index contributed by atoms with van der Waals surface area (Å²) in [6.07, 6.45) is 2.92. The van der Waals surface area contributed by atoms with Crippen molar-refractivity contribution in [3.05, 3.63) is 0 Å². The van der Waals surface area contributed by atoms with E-state index in [-0.39, 0.29) is 12.6 Å². The smallest absolute Gasteiger partial charge is 0.329 e. The van der Waals surface area contributed by atoms with Gasteiger partial charge in [-0.25, -0.2) is 4.79 Å². The van der Waals surface area contributed by atoms with Gasteiger partial charge in [0.25, 0.3) is 0 Å². The average molecular weight is 234 g/mol. The van der Waals surface area contributed by atoms with E-state index in [0.29, 0.717) is 13.2 Å². The highest BCUT2D eigenvalue weighted by Crippen LogP contribution is 1.86. The Morgan fingerprint density at radius 2 is 1.75 bits per heavy atom. The van der Waals surface area contributed by atoms with Crippen molar-refractivity contribution in [1.29, 1.82) is 0 Å². The molecule has 0 aliphatic rings. The van der Waals surface area contributed by atoms with Gasteiger partial charge >= 0.3 is 11.9 Å². The van der Waals surface area contributed by atoms with Crippen molar-refractivity contribution in [3.63, 3.8) is 0 Å². The molecular weight excluding hydrogens is 212 g/mol. The lowest BCUT2D eigenvalue weighted by Gasteiger charge is -1.96. The number of esters is 1. The van der Waals surface area contributed by atoms with E-state index in [4.69, 9.17) is 5.11 Å². The molecule has 0 unspecified atom stereocenters. The number of carboxylic acids is 1. The fourth-order valence-corrected chi connectivity index (χ4v) is 0.664. The minimum absolute atomic E-state index is 0.173. The summed E-state index contributed by atoms with van der Waals surface area (Å²) < 4.78 is 9.29. The van der Waals surface area contributed by atoms with Crippen LogP contribution in [-0.2, 0) is 19.1 Å². The summed E-state index contributed by atoms with van der Waals surface area (Å²) in [5, 5.41) is 8.02. The van der Waals surface area contributed by atoms with Gasteiger partial charge in [-0.15, -0.1) is 0 Å². The van der Waals surface area contributed by atoms with Crippen molar-refractivity contribution in [2.45, 2.75) is 40.0 Å². The van der Waals surface area contributed by atoms with Crippen molar-refractivity contribution in [2.75, 3.05) is 19.8 Å². The van der Waals surface area contributed by atoms with Crippen LogP contribution in [0.5, 0.6) is 0 Å². The molecule has 0 aromatic rings. The molecule has 1 N–H and O–H groups in total. The predicted molar refractivity (Wildman–Crippen MR) is 60.3 cm³/mol. The van der Waals surface area contributed by atoms with Gasteiger partial charge < -0.3 is 14.6 Å².